The molecular weight excluding hydrogens is 214 g/mol. The van der Waals surface area contributed by atoms with Gasteiger partial charge in [0.15, 0.2) is 0 Å². The number of nitrogens with one attached hydrogen (secondary N) is 1. The van der Waals surface area contributed by atoms with Crippen molar-refractivity contribution in [2.45, 2.75) is 0 Å². The molecule has 2 aromatic heterocycles. The van der Waals surface area contributed by atoms with E-state index in [0.29, 0.717) is 22.8 Å². The van der Waals surface area contributed by atoms with Crippen LogP contribution in [0.2, 0.25) is 0 Å². The Morgan fingerprint density at radius 3 is 1.76 bits per heavy atom. The summed E-state index contributed by atoms with van der Waals surface area (Å²) in [7, 11) is 0. The summed E-state index contributed by atoms with van der Waals surface area (Å²) in [6, 6.07) is 10.5. The number of hydrogen-bond acceptors (Lipinski definition) is 5. The zero-order valence-electron chi connectivity index (χ0n) is 8.75. The van der Waals surface area contributed by atoms with Crippen LogP contribution in [-0.4, -0.2) is 9.97 Å². The molecule has 5 nitrogen and oxygen atoms in total. The highest BCUT2D eigenvalue weighted by Gasteiger charge is 1.99. The monoisotopic (exact) mass is 221 g/mol. The molecule has 0 atom stereocenters. The third kappa shape index (κ3) is 2.55. The molecule has 0 aromatic carbocycles. The van der Waals surface area contributed by atoms with Crippen molar-refractivity contribution < 1.29 is 0 Å². The van der Waals surface area contributed by atoms with Gasteiger partial charge in [0.2, 0.25) is 0 Å². The molecule has 0 saturated carbocycles. The minimum absolute atomic E-state index is 0.513. The van der Waals surface area contributed by atoms with Gasteiger partial charge in [0.1, 0.15) is 11.6 Å². The van der Waals surface area contributed by atoms with Gasteiger partial charge in [-0.1, -0.05) is 0 Å². The fraction of sp³-hybridized carbons (Fsp3) is 0. The number of aromatic nitrogens is 2. The average Bonchev–Trinajstić information content (AvgIpc) is 2.39. The second kappa shape index (κ2) is 4.73. The lowest BCUT2D eigenvalue weighted by Crippen LogP contribution is -1.96. The molecule has 2 rings (SSSR count). The van der Waals surface area contributed by atoms with Crippen LogP contribution in [-0.2, 0) is 0 Å². The van der Waals surface area contributed by atoms with E-state index in [4.69, 9.17) is 10.5 Å². The van der Waals surface area contributed by atoms with Crippen LogP contribution >= 0.6 is 0 Å². The van der Waals surface area contributed by atoms with Gasteiger partial charge in [-0.15, -0.1) is 0 Å². The topological polar surface area (TPSA) is 85.4 Å². The van der Waals surface area contributed by atoms with E-state index in [9.17, 15) is 0 Å². The normalized spacial score (nSPS) is 9.06. The number of anilines is 2. The van der Waals surface area contributed by atoms with E-state index in [0.717, 1.165) is 0 Å². The molecule has 0 aliphatic heterocycles. The summed E-state index contributed by atoms with van der Waals surface area (Å²) < 4.78 is 0. The Labute approximate surface area is 98.0 Å². The average molecular weight is 221 g/mol. The summed E-state index contributed by atoms with van der Waals surface area (Å²) in [6.45, 7) is 0. The van der Waals surface area contributed by atoms with Crippen molar-refractivity contribution in [3.05, 3.63) is 47.8 Å². The summed E-state index contributed by atoms with van der Waals surface area (Å²) >= 11 is 0. The maximum atomic E-state index is 8.75. The van der Waals surface area contributed by atoms with Crippen LogP contribution < -0.4 is 5.32 Å². The largest absolute Gasteiger partial charge is 0.325 e. The molecule has 0 fully saturated rings. The number of nitriles is 2. The third-order valence-electron chi connectivity index (χ3n) is 2.03. The van der Waals surface area contributed by atoms with Crippen molar-refractivity contribution in [3.8, 4) is 12.1 Å². The van der Waals surface area contributed by atoms with Crippen molar-refractivity contribution >= 4 is 11.6 Å². The zero-order valence-corrected chi connectivity index (χ0v) is 8.75. The van der Waals surface area contributed by atoms with Crippen molar-refractivity contribution in [1.29, 1.82) is 10.5 Å². The smallest absolute Gasteiger partial charge is 0.132 e. The van der Waals surface area contributed by atoms with Crippen LogP contribution in [0.25, 0.3) is 0 Å². The molecule has 0 amide bonds. The molecule has 80 valence electrons. The van der Waals surface area contributed by atoms with E-state index in [1.54, 1.807) is 24.3 Å². The Hall–Kier alpha value is -2.92. The molecule has 0 saturated heterocycles. The molecular formula is C12H7N5. The van der Waals surface area contributed by atoms with Crippen molar-refractivity contribution in [2.24, 2.45) is 0 Å². The van der Waals surface area contributed by atoms with Crippen LogP contribution in [0.1, 0.15) is 11.1 Å². The molecule has 17 heavy (non-hydrogen) atoms. The van der Waals surface area contributed by atoms with E-state index >= 15 is 0 Å². The molecule has 0 unspecified atom stereocenters. The van der Waals surface area contributed by atoms with Crippen LogP contribution in [0.3, 0.4) is 0 Å². The number of rotatable bonds is 2. The van der Waals surface area contributed by atoms with E-state index in [2.05, 4.69) is 15.3 Å². The van der Waals surface area contributed by atoms with Gasteiger partial charge in [-0.05, 0) is 24.3 Å². The minimum Gasteiger partial charge on any atom is -0.325 e. The van der Waals surface area contributed by atoms with E-state index in [-0.39, 0.29) is 0 Å². The highest BCUT2D eigenvalue weighted by molar-refractivity contribution is 5.55. The second-order valence-electron chi connectivity index (χ2n) is 3.21. The number of pyridine rings is 2. The molecule has 0 bridgehead atoms. The summed E-state index contributed by atoms with van der Waals surface area (Å²) in [5, 5.41) is 20.4. The van der Waals surface area contributed by atoms with E-state index in [1.807, 2.05) is 12.1 Å². The predicted octanol–water partition coefficient (Wildman–Crippen LogP) is 1.96. The standard InChI is InChI=1S/C12H7N5/c13-7-9-1-3-15-11(5-9)17-12-6-10(8-14)2-4-16-12/h1-6H,(H,15,16,17). The van der Waals surface area contributed by atoms with Gasteiger partial charge >= 0.3 is 0 Å². The van der Waals surface area contributed by atoms with Gasteiger partial charge in [-0.3, -0.25) is 0 Å². The van der Waals surface area contributed by atoms with Crippen LogP contribution in [0.4, 0.5) is 11.6 Å². The Balaban J connectivity index is 2.26. The highest BCUT2D eigenvalue weighted by Crippen LogP contribution is 2.13. The third-order valence-corrected chi connectivity index (χ3v) is 2.03. The summed E-state index contributed by atoms with van der Waals surface area (Å²) in [5.41, 5.74) is 1.03. The molecule has 0 aliphatic rings. The molecule has 0 spiro atoms. The lowest BCUT2D eigenvalue weighted by molar-refractivity contribution is 1.24. The maximum Gasteiger partial charge on any atom is 0.132 e. The van der Waals surface area contributed by atoms with Crippen LogP contribution in [0, 0.1) is 22.7 Å². The molecule has 0 aliphatic carbocycles. The maximum absolute atomic E-state index is 8.75. The van der Waals surface area contributed by atoms with Crippen LogP contribution in [0.5, 0.6) is 0 Å². The highest BCUT2D eigenvalue weighted by atomic mass is 15.0. The van der Waals surface area contributed by atoms with Gasteiger partial charge in [0, 0.05) is 12.4 Å². The van der Waals surface area contributed by atoms with Crippen molar-refractivity contribution in [3.63, 3.8) is 0 Å². The first-order valence-corrected chi connectivity index (χ1v) is 4.81. The van der Waals surface area contributed by atoms with Crippen molar-refractivity contribution in [1.82, 2.24) is 9.97 Å². The lowest BCUT2D eigenvalue weighted by atomic mass is 10.2. The fourth-order valence-corrected chi connectivity index (χ4v) is 1.27. The molecule has 1 N–H and O–H groups in total. The molecule has 2 aromatic rings. The molecule has 2 heterocycles. The second-order valence-corrected chi connectivity index (χ2v) is 3.21. The van der Waals surface area contributed by atoms with E-state index < -0.39 is 0 Å². The number of nitrogens with zero attached hydrogens (tertiary/aromatic N) is 4. The summed E-state index contributed by atoms with van der Waals surface area (Å²) in [4.78, 5) is 8.11. The lowest BCUT2D eigenvalue weighted by Gasteiger charge is -2.04. The summed E-state index contributed by atoms with van der Waals surface area (Å²) in [5.74, 6) is 1.04. The van der Waals surface area contributed by atoms with Gasteiger partial charge < -0.3 is 5.32 Å². The van der Waals surface area contributed by atoms with Gasteiger partial charge in [0.05, 0.1) is 23.3 Å². The van der Waals surface area contributed by atoms with E-state index in [1.165, 1.54) is 12.4 Å². The fourth-order valence-electron chi connectivity index (χ4n) is 1.27. The first-order chi connectivity index (χ1) is 8.31. The Bertz CT molecular complexity index is 566. The Kier molecular flexibility index (Phi) is 2.95. The number of hydrogen-bond donors (Lipinski definition) is 1. The minimum atomic E-state index is 0.513. The Morgan fingerprint density at radius 1 is 0.882 bits per heavy atom. The van der Waals surface area contributed by atoms with Crippen LogP contribution in [0.15, 0.2) is 36.7 Å². The first kappa shape index (κ1) is 10.6. The van der Waals surface area contributed by atoms with Gasteiger partial charge in [-0.2, -0.15) is 10.5 Å². The van der Waals surface area contributed by atoms with Crippen molar-refractivity contribution in [2.75, 3.05) is 5.32 Å². The van der Waals surface area contributed by atoms with Gasteiger partial charge in [-0.25, -0.2) is 9.97 Å². The van der Waals surface area contributed by atoms with Gasteiger partial charge in [0.25, 0.3) is 0 Å². The SMILES string of the molecule is N#Cc1ccnc(Nc2cc(C#N)ccn2)c1. The zero-order chi connectivity index (χ0) is 12.1. The Morgan fingerprint density at radius 2 is 1.35 bits per heavy atom. The molecule has 5 heteroatoms. The summed E-state index contributed by atoms with van der Waals surface area (Å²) in [6.07, 6.45) is 3.07. The predicted molar refractivity (Wildman–Crippen MR) is 61.2 cm³/mol. The quantitative estimate of drug-likeness (QED) is 0.837. The molecule has 0 radical (unpaired) electrons. The first-order valence-electron chi connectivity index (χ1n) is 4.81.